The SMILES string of the molecule is CCNc1cncc(C(=O)N2CCOCC2C)n1. The maximum Gasteiger partial charge on any atom is 0.274 e. The molecule has 0 bridgehead atoms. The summed E-state index contributed by atoms with van der Waals surface area (Å²) >= 11 is 0. The van der Waals surface area contributed by atoms with Crippen molar-refractivity contribution in [1.82, 2.24) is 14.9 Å². The Morgan fingerprint density at radius 1 is 1.61 bits per heavy atom. The lowest BCUT2D eigenvalue weighted by Gasteiger charge is -2.32. The monoisotopic (exact) mass is 250 g/mol. The molecule has 1 amide bonds. The van der Waals surface area contributed by atoms with Gasteiger partial charge in [-0.25, -0.2) is 4.98 Å². The van der Waals surface area contributed by atoms with Crippen molar-refractivity contribution in [2.24, 2.45) is 0 Å². The molecular formula is C12H18N4O2. The predicted octanol–water partition coefficient (Wildman–Crippen LogP) is 0.769. The van der Waals surface area contributed by atoms with Gasteiger partial charge in [-0.2, -0.15) is 0 Å². The summed E-state index contributed by atoms with van der Waals surface area (Å²) in [4.78, 5) is 22.4. The zero-order valence-electron chi connectivity index (χ0n) is 10.7. The molecule has 0 aromatic carbocycles. The number of morpholine rings is 1. The first-order valence-electron chi connectivity index (χ1n) is 6.17. The van der Waals surface area contributed by atoms with E-state index in [1.807, 2.05) is 13.8 Å². The number of ether oxygens (including phenoxy) is 1. The molecule has 1 unspecified atom stereocenters. The summed E-state index contributed by atoms with van der Waals surface area (Å²) in [5.74, 6) is 0.544. The number of carbonyl (C=O) groups excluding carboxylic acids is 1. The lowest BCUT2D eigenvalue weighted by molar-refractivity contribution is 0.00325. The van der Waals surface area contributed by atoms with Gasteiger partial charge in [0.2, 0.25) is 0 Å². The predicted molar refractivity (Wildman–Crippen MR) is 67.5 cm³/mol. The highest BCUT2D eigenvalue weighted by atomic mass is 16.5. The summed E-state index contributed by atoms with van der Waals surface area (Å²) < 4.78 is 5.32. The Kier molecular flexibility index (Phi) is 4.09. The highest BCUT2D eigenvalue weighted by molar-refractivity contribution is 5.92. The molecule has 6 heteroatoms. The van der Waals surface area contributed by atoms with Crippen molar-refractivity contribution in [3.8, 4) is 0 Å². The molecular weight excluding hydrogens is 232 g/mol. The van der Waals surface area contributed by atoms with Gasteiger partial charge in [-0.05, 0) is 13.8 Å². The van der Waals surface area contributed by atoms with Crippen molar-refractivity contribution >= 4 is 11.7 Å². The minimum atomic E-state index is -0.0851. The molecule has 6 nitrogen and oxygen atoms in total. The third-order valence-electron chi connectivity index (χ3n) is 2.84. The standard InChI is InChI=1S/C12H18N4O2/c1-3-14-11-7-13-6-10(15-11)12(17)16-4-5-18-8-9(16)2/h6-7,9H,3-5,8H2,1-2H3,(H,14,15). The van der Waals surface area contributed by atoms with Gasteiger partial charge in [0.25, 0.3) is 5.91 Å². The van der Waals surface area contributed by atoms with Crippen molar-refractivity contribution in [3.63, 3.8) is 0 Å². The number of hydrogen-bond acceptors (Lipinski definition) is 5. The third-order valence-corrected chi connectivity index (χ3v) is 2.84. The summed E-state index contributed by atoms with van der Waals surface area (Å²) in [7, 11) is 0. The summed E-state index contributed by atoms with van der Waals surface area (Å²) in [5.41, 5.74) is 0.377. The minimum Gasteiger partial charge on any atom is -0.377 e. The first-order valence-corrected chi connectivity index (χ1v) is 6.17. The smallest absolute Gasteiger partial charge is 0.274 e. The van der Waals surface area contributed by atoms with Crippen LogP contribution in [0.3, 0.4) is 0 Å². The fourth-order valence-electron chi connectivity index (χ4n) is 1.91. The van der Waals surface area contributed by atoms with Crippen molar-refractivity contribution < 1.29 is 9.53 Å². The van der Waals surface area contributed by atoms with Gasteiger partial charge in [0.1, 0.15) is 11.5 Å². The summed E-state index contributed by atoms with van der Waals surface area (Å²) in [5, 5.41) is 3.05. The molecule has 0 radical (unpaired) electrons. The lowest BCUT2D eigenvalue weighted by Crippen LogP contribution is -2.47. The van der Waals surface area contributed by atoms with Crippen LogP contribution in [0.5, 0.6) is 0 Å². The average molecular weight is 250 g/mol. The van der Waals surface area contributed by atoms with Crippen molar-refractivity contribution in [2.75, 3.05) is 31.6 Å². The van der Waals surface area contributed by atoms with Crippen LogP contribution < -0.4 is 5.32 Å². The number of aromatic nitrogens is 2. The van der Waals surface area contributed by atoms with E-state index in [0.717, 1.165) is 6.54 Å². The average Bonchev–Trinajstić information content (AvgIpc) is 2.39. The van der Waals surface area contributed by atoms with Gasteiger partial charge in [0.15, 0.2) is 0 Å². The Hall–Kier alpha value is -1.69. The third kappa shape index (κ3) is 2.76. The van der Waals surface area contributed by atoms with E-state index in [0.29, 0.717) is 31.3 Å². The van der Waals surface area contributed by atoms with Crippen molar-refractivity contribution in [2.45, 2.75) is 19.9 Å². The molecule has 1 saturated heterocycles. The molecule has 18 heavy (non-hydrogen) atoms. The van der Waals surface area contributed by atoms with Gasteiger partial charge < -0.3 is 15.0 Å². The largest absolute Gasteiger partial charge is 0.377 e. The molecule has 2 rings (SSSR count). The van der Waals surface area contributed by atoms with Crippen LogP contribution in [-0.4, -0.2) is 53.1 Å². The van der Waals surface area contributed by atoms with Crippen LogP contribution in [0.2, 0.25) is 0 Å². The van der Waals surface area contributed by atoms with E-state index in [-0.39, 0.29) is 11.9 Å². The van der Waals surface area contributed by atoms with Crippen LogP contribution in [0.4, 0.5) is 5.82 Å². The summed E-state index contributed by atoms with van der Waals surface area (Å²) in [6.45, 7) is 6.45. The number of rotatable bonds is 3. The number of amides is 1. The van der Waals surface area contributed by atoms with E-state index in [2.05, 4.69) is 15.3 Å². The molecule has 1 N–H and O–H groups in total. The van der Waals surface area contributed by atoms with Gasteiger partial charge in [-0.15, -0.1) is 0 Å². The van der Waals surface area contributed by atoms with E-state index in [4.69, 9.17) is 4.74 Å². The first-order chi connectivity index (χ1) is 8.72. The van der Waals surface area contributed by atoms with Crippen LogP contribution in [0.1, 0.15) is 24.3 Å². The number of anilines is 1. The Bertz CT molecular complexity index is 424. The number of hydrogen-bond donors (Lipinski definition) is 1. The van der Waals surface area contributed by atoms with Crippen molar-refractivity contribution in [1.29, 1.82) is 0 Å². The van der Waals surface area contributed by atoms with E-state index in [1.165, 1.54) is 6.20 Å². The Balaban J connectivity index is 2.14. The Labute approximate surface area is 106 Å². The van der Waals surface area contributed by atoms with E-state index >= 15 is 0 Å². The fourth-order valence-corrected chi connectivity index (χ4v) is 1.91. The number of carbonyl (C=O) groups is 1. The molecule has 98 valence electrons. The van der Waals surface area contributed by atoms with E-state index in [9.17, 15) is 4.79 Å². The molecule has 1 aliphatic heterocycles. The molecule has 1 aromatic rings. The Morgan fingerprint density at radius 2 is 2.44 bits per heavy atom. The highest BCUT2D eigenvalue weighted by Crippen LogP contribution is 2.11. The van der Waals surface area contributed by atoms with Crippen LogP contribution >= 0.6 is 0 Å². The van der Waals surface area contributed by atoms with Crippen LogP contribution in [0, 0.1) is 0 Å². The molecule has 2 heterocycles. The Morgan fingerprint density at radius 3 is 3.17 bits per heavy atom. The second kappa shape index (κ2) is 5.77. The molecule has 1 aromatic heterocycles. The fraction of sp³-hybridized carbons (Fsp3) is 0.583. The van der Waals surface area contributed by atoms with E-state index in [1.54, 1.807) is 11.1 Å². The number of nitrogens with one attached hydrogen (secondary N) is 1. The second-order valence-electron chi connectivity index (χ2n) is 4.24. The highest BCUT2D eigenvalue weighted by Gasteiger charge is 2.25. The zero-order valence-corrected chi connectivity index (χ0v) is 10.7. The van der Waals surface area contributed by atoms with Crippen LogP contribution in [0.25, 0.3) is 0 Å². The van der Waals surface area contributed by atoms with Crippen LogP contribution in [-0.2, 0) is 4.74 Å². The van der Waals surface area contributed by atoms with Gasteiger partial charge in [0.05, 0.1) is 31.6 Å². The summed E-state index contributed by atoms with van der Waals surface area (Å²) in [6.07, 6.45) is 3.12. The zero-order chi connectivity index (χ0) is 13.0. The minimum absolute atomic E-state index is 0.0795. The topological polar surface area (TPSA) is 67.4 Å². The molecule has 0 spiro atoms. The van der Waals surface area contributed by atoms with E-state index < -0.39 is 0 Å². The molecule has 0 aliphatic carbocycles. The molecule has 1 aliphatic rings. The normalized spacial score (nSPS) is 19.7. The van der Waals surface area contributed by atoms with Gasteiger partial charge in [-0.1, -0.05) is 0 Å². The molecule has 1 atom stereocenters. The van der Waals surface area contributed by atoms with Crippen molar-refractivity contribution in [3.05, 3.63) is 18.1 Å². The second-order valence-corrected chi connectivity index (χ2v) is 4.24. The summed E-state index contributed by atoms with van der Waals surface area (Å²) in [6, 6.07) is 0.0795. The maximum atomic E-state index is 12.3. The molecule has 1 fully saturated rings. The maximum absolute atomic E-state index is 12.3. The van der Waals surface area contributed by atoms with Gasteiger partial charge >= 0.3 is 0 Å². The molecule has 0 saturated carbocycles. The van der Waals surface area contributed by atoms with Gasteiger partial charge in [-0.3, -0.25) is 9.78 Å². The quantitative estimate of drug-likeness (QED) is 0.858. The first kappa shape index (κ1) is 12.8. The number of nitrogens with zero attached hydrogens (tertiary/aromatic N) is 3. The van der Waals surface area contributed by atoms with Crippen LogP contribution in [0.15, 0.2) is 12.4 Å². The lowest BCUT2D eigenvalue weighted by atomic mass is 10.2. The van der Waals surface area contributed by atoms with Gasteiger partial charge in [0, 0.05) is 13.1 Å².